The first-order valence-corrected chi connectivity index (χ1v) is 10.9. The molecule has 0 atom stereocenters. The van der Waals surface area contributed by atoms with Gasteiger partial charge in [0.1, 0.15) is 0 Å². The smallest absolute Gasteiger partial charge is 0.243 e. The van der Waals surface area contributed by atoms with E-state index in [1.165, 1.54) is 24.6 Å². The van der Waals surface area contributed by atoms with E-state index in [9.17, 15) is 8.42 Å². The average Bonchev–Trinajstić information content (AvgIpc) is 3.02. The maximum Gasteiger partial charge on any atom is 0.243 e. The van der Waals surface area contributed by atoms with Crippen LogP contribution < -0.4 is 9.47 Å². The molecule has 3 rings (SSSR count). The predicted molar refractivity (Wildman–Crippen MR) is 116 cm³/mol. The Kier molecular flexibility index (Phi) is 6.19. The van der Waals surface area contributed by atoms with Gasteiger partial charge >= 0.3 is 0 Å². The van der Waals surface area contributed by atoms with Crippen LogP contribution in [0, 0.1) is 20.8 Å². The fourth-order valence-corrected chi connectivity index (χ4v) is 4.80. The van der Waals surface area contributed by atoms with E-state index in [4.69, 9.17) is 9.47 Å². The minimum atomic E-state index is -3.75. The van der Waals surface area contributed by atoms with E-state index in [1.54, 1.807) is 20.0 Å². The quantitative estimate of drug-likeness (QED) is 0.573. The molecule has 0 aliphatic rings. The summed E-state index contributed by atoms with van der Waals surface area (Å²) in [6.45, 7) is 5.79. The number of aryl methyl sites for hydroxylation is 2. The molecule has 1 aromatic heterocycles. The lowest BCUT2D eigenvalue weighted by atomic mass is 10.2. The molecule has 0 bridgehead atoms. The third kappa shape index (κ3) is 3.93. The monoisotopic (exact) mass is 429 g/mol. The van der Waals surface area contributed by atoms with E-state index < -0.39 is 10.0 Å². The number of rotatable bonds is 7. The van der Waals surface area contributed by atoms with Crippen LogP contribution in [0.25, 0.3) is 5.69 Å². The molecular weight excluding hydrogens is 402 g/mol. The Morgan fingerprint density at radius 1 is 1.00 bits per heavy atom. The molecule has 0 fully saturated rings. The van der Waals surface area contributed by atoms with Crippen LogP contribution >= 0.6 is 0 Å². The zero-order chi connectivity index (χ0) is 22.1. The second-order valence-electron chi connectivity index (χ2n) is 7.13. The zero-order valence-electron chi connectivity index (χ0n) is 18.1. The fourth-order valence-electron chi connectivity index (χ4n) is 3.44. The van der Waals surface area contributed by atoms with Gasteiger partial charge in [-0.2, -0.15) is 9.40 Å². The normalized spacial score (nSPS) is 11.7. The highest BCUT2D eigenvalue weighted by atomic mass is 32.2. The topological polar surface area (TPSA) is 73.7 Å². The van der Waals surface area contributed by atoms with Crippen molar-refractivity contribution in [3.63, 3.8) is 0 Å². The Morgan fingerprint density at radius 2 is 1.60 bits per heavy atom. The van der Waals surface area contributed by atoms with E-state index in [-0.39, 0.29) is 11.4 Å². The molecule has 160 valence electrons. The van der Waals surface area contributed by atoms with Gasteiger partial charge in [0.2, 0.25) is 10.0 Å². The van der Waals surface area contributed by atoms with Crippen LogP contribution in [-0.2, 0) is 16.6 Å². The van der Waals surface area contributed by atoms with E-state index in [1.807, 2.05) is 48.9 Å². The van der Waals surface area contributed by atoms with Gasteiger partial charge in [-0.05, 0) is 44.5 Å². The second kappa shape index (κ2) is 8.49. The summed E-state index contributed by atoms with van der Waals surface area (Å²) < 4.78 is 40.4. The molecule has 0 radical (unpaired) electrons. The maximum atomic E-state index is 13.3. The lowest BCUT2D eigenvalue weighted by Gasteiger charge is -2.20. The van der Waals surface area contributed by atoms with E-state index in [0.717, 1.165) is 22.6 Å². The molecule has 1 heterocycles. The van der Waals surface area contributed by atoms with Crippen molar-refractivity contribution < 1.29 is 17.9 Å². The van der Waals surface area contributed by atoms with Crippen LogP contribution in [0.3, 0.4) is 0 Å². The highest BCUT2D eigenvalue weighted by molar-refractivity contribution is 7.89. The van der Waals surface area contributed by atoms with Gasteiger partial charge in [0.05, 0.1) is 30.5 Å². The third-order valence-corrected chi connectivity index (χ3v) is 7.14. The number of hydrogen-bond acceptors (Lipinski definition) is 5. The molecule has 8 heteroatoms. The molecule has 7 nitrogen and oxygen atoms in total. The number of aromatic nitrogens is 2. The number of ether oxygens (including phenoxy) is 2. The summed E-state index contributed by atoms with van der Waals surface area (Å²) >= 11 is 0. The number of hydrogen-bond donors (Lipinski definition) is 0. The summed E-state index contributed by atoms with van der Waals surface area (Å²) in [6.07, 6.45) is 0. The molecule has 0 aliphatic heterocycles. The molecule has 0 saturated heterocycles. The van der Waals surface area contributed by atoms with Gasteiger partial charge in [0, 0.05) is 30.9 Å². The molecule has 2 aromatic carbocycles. The average molecular weight is 430 g/mol. The van der Waals surface area contributed by atoms with Crippen molar-refractivity contribution >= 4 is 10.0 Å². The second-order valence-corrected chi connectivity index (χ2v) is 9.14. The van der Waals surface area contributed by atoms with Gasteiger partial charge in [-0.25, -0.2) is 13.1 Å². The summed E-state index contributed by atoms with van der Waals surface area (Å²) in [5.74, 6) is 0.867. The molecule has 0 saturated carbocycles. The van der Waals surface area contributed by atoms with Crippen molar-refractivity contribution in [2.75, 3.05) is 21.3 Å². The van der Waals surface area contributed by atoms with Crippen LogP contribution in [0.2, 0.25) is 0 Å². The van der Waals surface area contributed by atoms with Crippen molar-refractivity contribution in [3.8, 4) is 17.2 Å². The third-order valence-electron chi connectivity index (χ3n) is 5.19. The van der Waals surface area contributed by atoms with Crippen molar-refractivity contribution in [2.45, 2.75) is 32.2 Å². The van der Waals surface area contributed by atoms with Gasteiger partial charge in [-0.3, -0.25) is 0 Å². The molecule has 30 heavy (non-hydrogen) atoms. The standard InChI is InChI=1S/C22H27N3O4S/c1-15-12-20(28-5)21(29-6)13-22(15)30(26,27)24(4)14-19-16(2)23-25(17(19)3)18-10-8-7-9-11-18/h7-13H,14H2,1-6H3. The van der Waals surface area contributed by atoms with E-state index in [0.29, 0.717) is 17.1 Å². The van der Waals surface area contributed by atoms with E-state index in [2.05, 4.69) is 5.10 Å². The molecule has 0 amide bonds. The lowest BCUT2D eigenvalue weighted by Crippen LogP contribution is -2.27. The Hall–Kier alpha value is -2.84. The number of para-hydroxylation sites is 1. The molecular formula is C22H27N3O4S. The minimum absolute atomic E-state index is 0.188. The zero-order valence-corrected chi connectivity index (χ0v) is 18.9. The van der Waals surface area contributed by atoms with Crippen molar-refractivity contribution in [1.29, 1.82) is 0 Å². The maximum absolute atomic E-state index is 13.3. The van der Waals surface area contributed by atoms with Crippen molar-refractivity contribution in [2.24, 2.45) is 0 Å². The fraction of sp³-hybridized carbons (Fsp3) is 0.318. The summed E-state index contributed by atoms with van der Waals surface area (Å²) in [5, 5.41) is 4.61. The van der Waals surface area contributed by atoms with Crippen LogP contribution in [0.15, 0.2) is 47.4 Å². The van der Waals surface area contributed by atoms with Crippen LogP contribution in [0.5, 0.6) is 11.5 Å². The van der Waals surface area contributed by atoms with Crippen molar-refractivity contribution in [3.05, 3.63) is 65.0 Å². The van der Waals surface area contributed by atoms with Crippen LogP contribution in [0.4, 0.5) is 0 Å². The first-order valence-electron chi connectivity index (χ1n) is 9.50. The Bertz CT molecular complexity index is 1150. The Labute approximate surface area is 177 Å². The van der Waals surface area contributed by atoms with Crippen LogP contribution in [0.1, 0.15) is 22.5 Å². The predicted octanol–water partition coefficient (Wildman–Crippen LogP) is 3.64. The van der Waals surface area contributed by atoms with Crippen LogP contribution in [-0.4, -0.2) is 43.8 Å². The number of methoxy groups -OCH3 is 2. The SMILES string of the molecule is COc1cc(C)c(S(=O)(=O)N(C)Cc2c(C)nn(-c3ccccc3)c2C)cc1OC. The summed E-state index contributed by atoms with van der Waals surface area (Å²) in [4.78, 5) is 0.188. The van der Waals surface area contributed by atoms with Gasteiger partial charge in [0.15, 0.2) is 11.5 Å². The minimum Gasteiger partial charge on any atom is -0.493 e. The summed E-state index contributed by atoms with van der Waals surface area (Å²) in [7, 11) is 0.826. The van der Waals surface area contributed by atoms with E-state index >= 15 is 0 Å². The largest absolute Gasteiger partial charge is 0.493 e. The first kappa shape index (κ1) is 21.9. The number of sulfonamides is 1. The van der Waals surface area contributed by atoms with Gasteiger partial charge in [-0.1, -0.05) is 18.2 Å². The molecule has 3 aromatic rings. The Morgan fingerprint density at radius 3 is 2.20 bits per heavy atom. The molecule has 0 unspecified atom stereocenters. The Balaban J connectivity index is 1.97. The van der Waals surface area contributed by atoms with Crippen molar-refractivity contribution in [1.82, 2.24) is 14.1 Å². The van der Waals surface area contributed by atoms with Gasteiger partial charge in [-0.15, -0.1) is 0 Å². The molecule has 0 aliphatic carbocycles. The van der Waals surface area contributed by atoms with Gasteiger partial charge in [0.25, 0.3) is 0 Å². The summed E-state index contributed by atoms with van der Waals surface area (Å²) in [6, 6.07) is 13.0. The van der Waals surface area contributed by atoms with Gasteiger partial charge < -0.3 is 9.47 Å². The highest BCUT2D eigenvalue weighted by Crippen LogP contribution is 2.34. The molecule has 0 N–H and O–H groups in total. The number of benzene rings is 2. The highest BCUT2D eigenvalue weighted by Gasteiger charge is 2.27. The molecule has 0 spiro atoms. The first-order chi connectivity index (χ1) is 14.2. The lowest BCUT2D eigenvalue weighted by molar-refractivity contribution is 0.353. The number of nitrogens with zero attached hydrogens (tertiary/aromatic N) is 3. The summed E-state index contributed by atoms with van der Waals surface area (Å²) in [5.41, 5.74) is 4.11.